The second-order valence-corrected chi connectivity index (χ2v) is 4.98. The molecule has 1 N–H and O–H groups in total. The largest absolute Gasteiger partial charge is 0.388 e. The van der Waals surface area contributed by atoms with Crippen molar-refractivity contribution in [2.24, 2.45) is 5.92 Å². The lowest BCUT2D eigenvalue weighted by atomic mass is 10.00. The Labute approximate surface area is 101 Å². The Hall–Kier alpha value is -0.600. The number of benzene rings is 1. The Bertz CT molecular complexity index is 318. The molecule has 0 aromatic heterocycles. The van der Waals surface area contributed by atoms with Crippen LogP contribution in [0.4, 0.5) is 4.39 Å². The Morgan fingerprint density at radius 3 is 2.50 bits per heavy atom. The molecule has 1 nitrogen and oxygen atoms in total. The Morgan fingerprint density at radius 1 is 1.25 bits per heavy atom. The van der Waals surface area contributed by atoms with Crippen LogP contribution in [-0.4, -0.2) is 5.11 Å². The van der Waals surface area contributed by atoms with E-state index in [1.54, 1.807) is 6.07 Å². The summed E-state index contributed by atoms with van der Waals surface area (Å²) in [5.41, 5.74) is 0.564. The molecule has 1 rings (SSSR count). The molecule has 0 aliphatic rings. The van der Waals surface area contributed by atoms with Crippen LogP contribution in [0.2, 0.25) is 5.02 Å². The molecule has 0 spiro atoms. The number of hydrogen-bond acceptors (Lipinski definition) is 1. The van der Waals surface area contributed by atoms with Crippen LogP contribution < -0.4 is 0 Å². The van der Waals surface area contributed by atoms with Crippen molar-refractivity contribution in [1.82, 2.24) is 0 Å². The minimum Gasteiger partial charge on any atom is -0.388 e. The predicted molar refractivity (Wildman–Crippen MR) is 65.1 cm³/mol. The van der Waals surface area contributed by atoms with Crippen molar-refractivity contribution < 1.29 is 9.50 Å². The number of halogens is 2. The summed E-state index contributed by atoms with van der Waals surface area (Å²) in [6.07, 6.45) is 2.04. The van der Waals surface area contributed by atoms with Crippen molar-refractivity contribution in [3.63, 3.8) is 0 Å². The maximum Gasteiger partial charge on any atom is 0.125 e. The highest BCUT2D eigenvalue weighted by molar-refractivity contribution is 6.30. The summed E-state index contributed by atoms with van der Waals surface area (Å²) < 4.78 is 13.0. The van der Waals surface area contributed by atoms with Gasteiger partial charge in [0.05, 0.1) is 6.10 Å². The highest BCUT2D eigenvalue weighted by Crippen LogP contribution is 2.24. The first-order chi connectivity index (χ1) is 7.49. The maximum atomic E-state index is 13.0. The summed E-state index contributed by atoms with van der Waals surface area (Å²) in [7, 11) is 0. The quantitative estimate of drug-likeness (QED) is 0.817. The average Bonchev–Trinajstić information content (AvgIpc) is 2.15. The number of aliphatic hydroxyl groups excluding tert-OH is 1. The zero-order valence-electron chi connectivity index (χ0n) is 9.71. The van der Waals surface area contributed by atoms with Crippen LogP contribution in [0.1, 0.15) is 44.8 Å². The topological polar surface area (TPSA) is 20.2 Å². The molecule has 0 heterocycles. The van der Waals surface area contributed by atoms with E-state index in [4.69, 9.17) is 11.6 Å². The first-order valence-electron chi connectivity index (χ1n) is 5.63. The standard InChI is InChI=1S/C13H18ClFO/c1-9(2)4-3-5-13(16)10-6-11(14)8-12(15)7-10/h6-9,13,16H,3-5H2,1-2H3. The van der Waals surface area contributed by atoms with Crippen LogP contribution in [0, 0.1) is 11.7 Å². The SMILES string of the molecule is CC(C)CCCC(O)c1cc(F)cc(Cl)c1. The molecule has 0 saturated heterocycles. The number of rotatable bonds is 5. The molecule has 3 heteroatoms. The fraction of sp³-hybridized carbons (Fsp3) is 0.538. The molecule has 1 unspecified atom stereocenters. The minimum absolute atomic E-state index is 0.331. The third-order valence-electron chi connectivity index (χ3n) is 2.53. The van der Waals surface area contributed by atoms with Gasteiger partial charge in [-0.2, -0.15) is 0 Å². The van der Waals surface area contributed by atoms with Gasteiger partial charge in [-0.3, -0.25) is 0 Å². The maximum absolute atomic E-state index is 13.0. The molecule has 1 atom stereocenters. The van der Waals surface area contributed by atoms with E-state index in [1.807, 2.05) is 0 Å². The van der Waals surface area contributed by atoms with Crippen LogP contribution in [0.15, 0.2) is 18.2 Å². The third-order valence-corrected chi connectivity index (χ3v) is 2.75. The Balaban J connectivity index is 2.55. The fourth-order valence-corrected chi connectivity index (χ4v) is 1.88. The van der Waals surface area contributed by atoms with Crippen molar-refractivity contribution in [1.29, 1.82) is 0 Å². The van der Waals surface area contributed by atoms with Gasteiger partial charge in [0.15, 0.2) is 0 Å². The van der Waals surface area contributed by atoms with Crippen LogP contribution in [0.3, 0.4) is 0 Å². The summed E-state index contributed by atoms with van der Waals surface area (Å²) in [5, 5.41) is 10.2. The van der Waals surface area contributed by atoms with E-state index in [0.717, 1.165) is 12.8 Å². The van der Waals surface area contributed by atoms with Crippen molar-refractivity contribution in [2.45, 2.75) is 39.2 Å². The predicted octanol–water partition coefficient (Wildman–Crippen LogP) is 4.34. The lowest BCUT2D eigenvalue weighted by Crippen LogP contribution is -1.99. The fourth-order valence-electron chi connectivity index (χ4n) is 1.65. The molecule has 0 bridgehead atoms. The molecule has 1 aromatic rings. The molecule has 1 aromatic carbocycles. The van der Waals surface area contributed by atoms with Crippen molar-refractivity contribution in [2.75, 3.05) is 0 Å². The second kappa shape index (κ2) is 6.21. The summed E-state index contributed by atoms with van der Waals surface area (Å²) in [4.78, 5) is 0. The van der Waals surface area contributed by atoms with Crippen LogP contribution in [0.25, 0.3) is 0 Å². The van der Waals surface area contributed by atoms with Gasteiger partial charge in [0.2, 0.25) is 0 Å². The number of aliphatic hydroxyl groups is 1. The van der Waals surface area contributed by atoms with Crippen LogP contribution in [-0.2, 0) is 0 Å². The van der Waals surface area contributed by atoms with Crippen LogP contribution >= 0.6 is 11.6 Å². The third kappa shape index (κ3) is 4.50. The molecule has 0 aliphatic carbocycles. The van der Waals surface area contributed by atoms with Gasteiger partial charge in [0.25, 0.3) is 0 Å². The van der Waals surface area contributed by atoms with Gasteiger partial charge in [-0.1, -0.05) is 38.3 Å². The Kier molecular flexibility index (Phi) is 5.23. The monoisotopic (exact) mass is 244 g/mol. The smallest absolute Gasteiger partial charge is 0.125 e. The van der Waals surface area contributed by atoms with Gasteiger partial charge < -0.3 is 5.11 Å². The lowest BCUT2D eigenvalue weighted by Gasteiger charge is -2.12. The zero-order chi connectivity index (χ0) is 12.1. The van der Waals surface area contributed by atoms with Crippen LogP contribution in [0.5, 0.6) is 0 Å². The highest BCUT2D eigenvalue weighted by Gasteiger charge is 2.10. The molecule has 16 heavy (non-hydrogen) atoms. The van der Waals surface area contributed by atoms with E-state index >= 15 is 0 Å². The van der Waals surface area contributed by atoms with Gasteiger partial charge in [0, 0.05) is 5.02 Å². The first-order valence-corrected chi connectivity index (χ1v) is 6.01. The summed E-state index contributed by atoms with van der Waals surface area (Å²) >= 11 is 5.73. The van der Waals surface area contributed by atoms with E-state index in [9.17, 15) is 9.50 Å². The van der Waals surface area contributed by atoms with Gasteiger partial charge in [-0.25, -0.2) is 4.39 Å². The minimum atomic E-state index is -0.619. The molecule has 0 aliphatic heterocycles. The molecule has 90 valence electrons. The molecule has 0 saturated carbocycles. The van der Waals surface area contributed by atoms with E-state index < -0.39 is 11.9 Å². The molecule has 0 fully saturated rings. The summed E-state index contributed by atoms with van der Waals surface area (Å²) in [6, 6.07) is 4.20. The van der Waals surface area contributed by atoms with Gasteiger partial charge in [0.1, 0.15) is 5.82 Å². The lowest BCUT2D eigenvalue weighted by molar-refractivity contribution is 0.161. The van der Waals surface area contributed by atoms with Gasteiger partial charge >= 0.3 is 0 Å². The van der Waals surface area contributed by atoms with Gasteiger partial charge in [-0.15, -0.1) is 0 Å². The van der Waals surface area contributed by atoms with E-state index in [2.05, 4.69) is 13.8 Å². The van der Waals surface area contributed by atoms with E-state index in [0.29, 0.717) is 22.9 Å². The molecular weight excluding hydrogens is 227 g/mol. The molecule has 0 amide bonds. The molecule has 0 radical (unpaired) electrons. The van der Waals surface area contributed by atoms with E-state index in [-0.39, 0.29) is 0 Å². The summed E-state index contributed by atoms with van der Waals surface area (Å²) in [6.45, 7) is 4.29. The van der Waals surface area contributed by atoms with Crippen molar-refractivity contribution >= 4 is 11.6 Å². The second-order valence-electron chi connectivity index (χ2n) is 4.54. The highest BCUT2D eigenvalue weighted by atomic mass is 35.5. The van der Waals surface area contributed by atoms with Gasteiger partial charge in [-0.05, 0) is 36.1 Å². The Morgan fingerprint density at radius 2 is 1.94 bits per heavy atom. The van der Waals surface area contributed by atoms with E-state index in [1.165, 1.54) is 12.1 Å². The summed E-state index contributed by atoms with van der Waals surface area (Å²) in [5.74, 6) is 0.230. The van der Waals surface area contributed by atoms with Crippen molar-refractivity contribution in [3.05, 3.63) is 34.6 Å². The first kappa shape index (κ1) is 13.5. The molecular formula is C13H18ClFO. The van der Waals surface area contributed by atoms with Crippen molar-refractivity contribution in [3.8, 4) is 0 Å². The average molecular weight is 245 g/mol. The normalized spacial score (nSPS) is 13.1. The zero-order valence-corrected chi connectivity index (χ0v) is 10.5. The number of hydrogen-bond donors (Lipinski definition) is 1.